The number of carbonyl (C=O) groups excluding carboxylic acids is 1. The summed E-state index contributed by atoms with van der Waals surface area (Å²) in [6.45, 7) is 1.31. The van der Waals surface area contributed by atoms with E-state index in [1.54, 1.807) is 31.7 Å². The van der Waals surface area contributed by atoms with E-state index in [2.05, 4.69) is 15.6 Å². The van der Waals surface area contributed by atoms with Crippen LogP contribution in [0.2, 0.25) is 5.02 Å². The third-order valence-electron chi connectivity index (χ3n) is 3.76. The maximum atomic E-state index is 11.8. The molecule has 6 nitrogen and oxygen atoms in total. The monoisotopic (exact) mass is 370 g/mol. The molecule has 1 aromatic heterocycles. The number of carbonyl (C=O) groups is 1. The van der Waals surface area contributed by atoms with Gasteiger partial charge in [-0.1, -0.05) is 11.6 Å². The Hall–Kier alpha value is -2.99. The highest BCUT2D eigenvalue weighted by atomic mass is 35.5. The number of anilines is 2. The Balaban J connectivity index is 1.59. The maximum absolute atomic E-state index is 11.8. The van der Waals surface area contributed by atoms with E-state index in [1.807, 2.05) is 41.1 Å². The summed E-state index contributed by atoms with van der Waals surface area (Å²) in [4.78, 5) is 15.8. The van der Waals surface area contributed by atoms with Crippen molar-refractivity contribution < 1.29 is 9.53 Å². The molecule has 1 amide bonds. The van der Waals surface area contributed by atoms with Gasteiger partial charge in [-0.05, 0) is 42.5 Å². The summed E-state index contributed by atoms with van der Waals surface area (Å²) >= 11 is 6.07. The van der Waals surface area contributed by atoms with Gasteiger partial charge in [-0.25, -0.2) is 4.98 Å². The van der Waals surface area contributed by atoms with Crippen LogP contribution >= 0.6 is 11.6 Å². The molecule has 0 aliphatic rings. The average molecular weight is 371 g/mol. The molecule has 2 N–H and O–H groups in total. The normalized spacial score (nSPS) is 10.4. The first-order chi connectivity index (χ1) is 12.7. The third kappa shape index (κ3) is 4.55. The van der Waals surface area contributed by atoms with Crippen molar-refractivity contribution in [3.63, 3.8) is 0 Å². The van der Waals surface area contributed by atoms with Gasteiger partial charge in [0.15, 0.2) is 0 Å². The van der Waals surface area contributed by atoms with Crippen LogP contribution in [0.4, 0.5) is 11.4 Å². The number of aromatic nitrogens is 2. The van der Waals surface area contributed by atoms with Gasteiger partial charge in [0.05, 0.1) is 23.5 Å². The first-order valence-corrected chi connectivity index (χ1v) is 8.51. The molecule has 0 bridgehead atoms. The Labute approximate surface area is 156 Å². The zero-order valence-electron chi connectivity index (χ0n) is 14.3. The molecule has 0 aliphatic heterocycles. The summed E-state index contributed by atoms with van der Waals surface area (Å²) in [6.07, 6.45) is 5.40. The molecular formula is C19H19ClN4O2. The predicted octanol–water partition coefficient (Wildman–Crippen LogP) is 3.72. The van der Waals surface area contributed by atoms with Crippen molar-refractivity contribution >= 4 is 28.9 Å². The number of hydrogen-bond acceptors (Lipinski definition) is 4. The molecule has 3 rings (SSSR count). The standard InChI is InChI=1S/C19H19ClN4O2/c1-21-19(25)17-12-15(4-7-18(17)20)23-14-2-5-16(6-3-14)26-11-10-24-9-8-22-13-24/h2-9,12-13,23H,10-11H2,1H3,(H,21,25). The van der Waals surface area contributed by atoms with E-state index in [4.69, 9.17) is 16.3 Å². The van der Waals surface area contributed by atoms with Crippen molar-refractivity contribution in [3.8, 4) is 5.75 Å². The Kier molecular flexibility index (Phi) is 5.76. The van der Waals surface area contributed by atoms with Crippen molar-refractivity contribution in [3.05, 3.63) is 71.8 Å². The van der Waals surface area contributed by atoms with E-state index in [0.29, 0.717) is 17.2 Å². The average Bonchev–Trinajstić information content (AvgIpc) is 3.17. The van der Waals surface area contributed by atoms with Gasteiger partial charge in [0.25, 0.3) is 5.91 Å². The minimum atomic E-state index is -0.222. The van der Waals surface area contributed by atoms with Gasteiger partial charge in [-0.15, -0.1) is 0 Å². The van der Waals surface area contributed by atoms with Crippen LogP contribution in [-0.4, -0.2) is 29.1 Å². The fourth-order valence-electron chi connectivity index (χ4n) is 2.40. The Morgan fingerprint density at radius 3 is 2.65 bits per heavy atom. The zero-order chi connectivity index (χ0) is 18.4. The quantitative estimate of drug-likeness (QED) is 0.665. The van der Waals surface area contributed by atoms with Crippen LogP contribution in [0.25, 0.3) is 0 Å². The number of halogens is 1. The molecule has 0 unspecified atom stereocenters. The molecule has 0 radical (unpaired) electrons. The largest absolute Gasteiger partial charge is 0.492 e. The lowest BCUT2D eigenvalue weighted by Gasteiger charge is -2.11. The van der Waals surface area contributed by atoms with Crippen LogP contribution in [0.1, 0.15) is 10.4 Å². The SMILES string of the molecule is CNC(=O)c1cc(Nc2ccc(OCCn3ccnc3)cc2)ccc1Cl. The second-order valence-electron chi connectivity index (χ2n) is 5.57. The highest BCUT2D eigenvalue weighted by molar-refractivity contribution is 6.34. The van der Waals surface area contributed by atoms with Gasteiger partial charge < -0.3 is 19.9 Å². The molecule has 0 atom stereocenters. The van der Waals surface area contributed by atoms with Crippen LogP contribution in [-0.2, 0) is 6.54 Å². The molecule has 0 fully saturated rings. The lowest BCUT2D eigenvalue weighted by atomic mass is 10.1. The summed E-state index contributed by atoms with van der Waals surface area (Å²) in [5.74, 6) is 0.568. The lowest BCUT2D eigenvalue weighted by molar-refractivity contribution is 0.0963. The van der Waals surface area contributed by atoms with Crippen molar-refractivity contribution in [1.82, 2.24) is 14.9 Å². The topological polar surface area (TPSA) is 68.2 Å². The molecule has 0 spiro atoms. The van der Waals surface area contributed by atoms with Gasteiger partial charge in [-0.2, -0.15) is 0 Å². The molecule has 0 aliphatic carbocycles. The van der Waals surface area contributed by atoms with E-state index in [1.165, 1.54) is 0 Å². The minimum absolute atomic E-state index is 0.222. The number of hydrogen-bond donors (Lipinski definition) is 2. The number of rotatable bonds is 7. The summed E-state index contributed by atoms with van der Waals surface area (Å²) in [6, 6.07) is 12.9. The van der Waals surface area contributed by atoms with E-state index >= 15 is 0 Å². The van der Waals surface area contributed by atoms with Gasteiger partial charge >= 0.3 is 0 Å². The number of amides is 1. The lowest BCUT2D eigenvalue weighted by Crippen LogP contribution is -2.18. The van der Waals surface area contributed by atoms with Gasteiger partial charge in [0.2, 0.25) is 0 Å². The molecule has 26 heavy (non-hydrogen) atoms. The molecule has 0 saturated carbocycles. The van der Waals surface area contributed by atoms with E-state index in [0.717, 1.165) is 23.7 Å². The van der Waals surface area contributed by atoms with Gasteiger partial charge in [0.1, 0.15) is 12.4 Å². The van der Waals surface area contributed by atoms with Crippen molar-refractivity contribution in [2.75, 3.05) is 19.0 Å². The number of nitrogens with one attached hydrogen (secondary N) is 2. The number of benzene rings is 2. The molecule has 0 saturated heterocycles. The minimum Gasteiger partial charge on any atom is -0.492 e. The highest BCUT2D eigenvalue weighted by Gasteiger charge is 2.09. The van der Waals surface area contributed by atoms with Crippen LogP contribution in [0.3, 0.4) is 0 Å². The third-order valence-corrected chi connectivity index (χ3v) is 4.09. The first kappa shape index (κ1) is 17.8. The number of ether oxygens (including phenoxy) is 1. The Bertz CT molecular complexity index is 864. The second-order valence-corrected chi connectivity index (χ2v) is 5.98. The summed E-state index contributed by atoms with van der Waals surface area (Å²) in [5, 5.41) is 6.24. The molecule has 7 heteroatoms. The summed E-state index contributed by atoms with van der Waals surface area (Å²) in [7, 11) is 1.57. The molecule has 134 valence electrons. The fraction of sp³-hybridized carbons (Fsp3) is 0.158. The first-order valence-electron chi connectivity index (χ1n) is 8.13. The van der Waals surface area contributed by atoms with Crippen molar-refractivity contribution in [2.24, 2.45) is 0 Å². The maximum Gasteiger partial charge on any atom is 0.252 e. The second kappa shape index (κ2) is 8.40. The van der Waals surface area contributed by atoms with Crippen LogP contribution in [0.15, 0.2) is 61.2 Å². The predicted molar refractivity (Wildman–Crippen MR) is 102 cm³/mol. The van der Waals surface area contributed by atoms with Crippen LogP contribution < -0.4 is 15.4 Å². The van der Waals surface area contributed by atoms with E-state index < -0.39 is 0 Å². The zero-order valence-corrected chi connectivity index (χ0v) is 15.0. The fourth-order valence-corrected chi connectivity index (χ4v) is 2.60. The van der Waals surface area contributed by atoms with E-state index in [9.17, 15) is 4.79 Å². The number of nitrogens with zero attached hydrogens (tertiary/aromatic N) is 2. The molecule has 2 aromatic carbocycles. The van der Waals surface area contributed by atoms with E-state index in [-0.39, 0.29) is 5.91 Å². The summed E-state index contributed by atoms with van der Waals surface area (Å²) in [5.41, 5.74) is 2.09. The van der Waals surface area contributed by atoms with Crippen molar-refractivity contribution in [2.45, 2.75) is 6.54 Å². The van der Waals surface area contributed by atoms with Gasteiger partial charge in [0, 0.05) is 30.8 Å². The van der Waals surface area contributed by atoms with Crippen LogP contribution in [0.5, 0.6) is 5.75 Å². The Morgan fingerprint density at radius 1 is 1.19 bits per heavy atom. The van der Waals surface area contributed by atoms with Crippen molar-refractivity contribution in [1.29, 1.82) is 0 Å². The molecule has 3 aromatic rings. The number of imidazole rings is 1. The molecular weight excluding hydrogens is 352 g/mol. The summed E-state index contributed by atoms with van der Waals surface area (Å²) < 4.78 is 7.68. The van der Waals surface area contributed by atoms with Gasteiger partial charge in [-0.3, -0.25) is 4.79 Å². The smallest absolute Gasteiger partial charge is 0.252 e. The Morgan fingerprint density at radius 2 is 1.96 bits per heavy atom. The van der Waals surface area contributed by atoms with Crippen LogP contribution in [0, 0.1) is 0 Å². The highest BCUT2D eigenvalue weighted by Crippen LogP contribution is 2.24. The molecule has 1 heterocycles.